The Morgan fingerprint density at radius 3 is 2.75 bits per heavy atom. The van der Waals surface area contributed by atoms with E-state index in [1.54, 1.807) is 0 Å². The Kier molecular flexibility index (Phi) is 3.62. The highest BCUT2D eigenvalue weighted by molar-refractivity contribution is 5.82. The highest BCUT2D eigenvalue weighted by Crippen LogP contribution is 2.19. The topological polar surface area (TPSA) is 19.0 Å². The van der Waals surface area contributed by atoms with Gasteiger partial charge in [-0.2, -0.15) is 0 Å². The molecule has 0 radical (unpaired) electrons. The molecule has 2 aromatic rings. The lowest BCUT2D eigenvalue weighted by Gasteiger charge is -2.18. The van der Waals surface area contributed by atoms with Gasteiger partial charge in [0.05, 0.1) is 0 Å². The molecule has 2 nitrogen and oxygen atoms in total. The molecule has 2 rings (SSSR count). The number of nitrogens with one attached hydrogen (secondary N) is 1. The number of fused-ring (bicyclic) bond motifs is 1. The van der Waals surface area contributed by atoms with Gasteiger partial charge in [0.2, 0.25) is 0 Å². The first kappa shape index (κ1) is 11.2. The molecule has 1 aromatic heterocycles. The smallest absolute Gasteiger partial charge is 0.0457 e. The van der Waals surface area contributed by atoms with Crippen LogP contribution >= 0.6 is 0 Å². The van der Waals surface area contributed by atoms with Crippen molar-refractivity contribution >= 4 is 10.9 Å². The number of rotatable bonds is 5. The SMILES string of the molecule is CCCN(CC)Cc1c[nH]c2ccccc12. The van der Waals surface area contributed by atoms with Crippen molar-refractivity contribution in [3.05, 3.63) is 36.0 Å². The van der Waals surface area contributed by atoms with Crippen LogP contribution in [-0.4, -0.2) is 23.0 Å². The van der Waals surface area contributed by atoms with E-state index in [0.717, 1.165) is 13.1 Å². The number of hydrogen-bond donors (Lipinski definition) is 1. The first-order valence-electron chi connectivity index (χ1n) is 6.12. The third kappa shape index (κ3) is 2.27. The van der Waals surface area contributed by atoms with Crippen LogP contribution in [-0.2, 0) is 6.54 Å². The van der Waals surface area contributed by atoms with Gasteiger partial charge in [-0.15, -0.1) is 0 Å². The Labute approximate surface area is 97.3 Å². The normalized spacial score (nSPS) is 11.4. The lowest BCUT2D eigenvalue weighted by Crippen LogP contribution is -2.23. The average Bonchev–Trinajstić information content (AvgIpc) is 2.72. The Morgan fingerprint density at radius 2 is 2.00 bits per heavy atom. The standard InChI is InChI=1S/C14H20N2/c1-3-9-16(4-2)11-12-10-15-14-8-6-5-7-13(12)14/h5-8,10,15H,3-4,9,11H2,1-2H3. The Balaban J connectivity index is 2.20. The molecule has 86 valence electrons. The fourth-order valence-electron chi connectivity index (χ4n) is 2.17. The van der Waals surface area contributed by atoms with E-state index in [1.807, 2.05) is 0 Å². The van der Waals surface area contributed by atoms with Crippen LogP contribution in [0.15, 0.2) is 30.5 Å². The summed E-state index contributed by atoms with van der Waals surface area (Å²) < 4.78 is 0. The molecule has 0 saturated carbocycles. The minimum atomic E-state index is 1.05. The number of nitrogens with zero attached hydrogens (tertiary/aromatic N) is 1. The van der Waals surface area contributed by atoms with Crippen LogP contribution < -0.4 is 0 Å². The molecule has 0 fully saturated rings. The van der Waals surface area contributed by atoms with Crippen molar-refractivity contribution in [3.8, 4) is 0 Å². The predicted molar refractivity (Wildman–Crippen MR) is 69.5 cm³/mol. The second-order valence-electron chi connectivity index (χ2n) is 4.23. The molecule has 0 amide bonds. The summed E-state index contributed by atoms with van der Waals surface area (Å²) >= 11 is 0. The van der Waals surface area contributed by atoms with Gasteiger partial charge < -0.3 is 4.98 Å². The molecule has 1 aromatic carbocycles. The fraction of sp³-hybridized carbons (Fsp3) is 0.429. The van der Waals surface area contributed by atoms with Crippen LogP contribution in [0.5, 0.6) is 0 Å². The van der Waals surface area contributed by atoms with Gasteiger partial charge in [-0.3, -0.25) is 4.90 Å². The molecule has 0 aliphatic carbocycles. The van der Waals surface area contributed by atoms with E-state index in [2.05, 4.69) is 54.2 Å². The quantitative estimate of drug-likeness (QED) is 0.811. The predicted octanol–water partition coefficient (Wildman–Crippen LogP) is 3.40. The van der Waals surface area contributed by atoms with Gasteiger partial charge in [0.25, 0.3) is 0 Å². The summed E-state index contributed by atoms with van der Waals surface area (Å²) in [6.45, 7) is 7.81. The van der Waals surface area contributed by atoms with Crippen molar-refractivity contribution in [2.45, 2.75) is 26.8 Å². The van der Waals surface area contributed by atoms with E-state index in [1.165, 1.54) is 29.4 Å². The molecule has 0 unspecified atom stereocenters. The zero-order valence-corrected chi connectivity index (χ0v) is 10.2. The van der Waals surface area contributed by atoms with Crippen LogP contribution in [0.25, 0.3) is 10.9 Å². The first-order valence-corrected chi connectivity index (χ1v) is 6.12. The van der Waals surface area contributed by atoms with Crippen molar-refractivity contribution in [2.75, 3.05) is 13.1 Å². The minimum absolute atomic E-state index is 1.05. The molecule has 0 atom stereocenters. The summed E-state index contributed by atoms with van der Waals surface area (Å²) in [5.41, 5.74) is 2.65. The van der Waals surface area contributed by atoms with Crippen molar-refractivity contribution < 1.29 is 0 Å². The molecule has 0 aliphatic rings. The van der Waals surface area contributed by atoms with Crippen molar-refractivity contribution in [2.24, 2.45) is 0 Å². The lowest BCUT2D eigenvalue weighted by atomic mass is 10.1. The maximum Gasteiger partial charge on any atom is 0.0457 e. The summed E-state index contributed by atoms with van der Waals surface area (Å²) in [7, 11) is 0. The third-order valence-corrected chi connectivity index (χ3v) is 3.06. The zero-order chi connectivity index (χ0) is 11.4. The third-order valence-electron chi connectivity index (χ3n) is 3.06. The van der Waals surface area contributed by atoms with Crippen molar-refractivity contribution in [1.29, 1.82) is 0 Å². The second kappa shape index (κ2) is 5.17. The second-order valence-corrected chi connectivity index (χ2v) is 4.23. The van der Waals surface area contributed by atoms with Gasteiger partial charge in [-0.05, 0) is 31.1 Å². The monoisotopic (exact) mass is 216 g/mol. The maximum absolute atomic E-state index is 3.33. The van der Waals surface area contributed by atoms with E-state index in [9.17, 15) is 0 Å². The fourth-order valence-corrected chi connectivity index (χ4v) is 2.17. The summed E-state index contributed by atoms with van der Waals surface area (Å²) in [6, 6.07) is 8.51. The van der Waals surface area contributed by atoms with Crippen LogP contribution in [0.4, 0.5) is 0 Å². The Morgan fingerprint density at radius 1 is 1.19 bits per heavy atom. The summed E-state index contributed by atoms with van der Waals surface area (Å²) in [5, 5.41) is 1.36. The minimum Gasteiger partial charge on any atom is -0.361 e. The number of aromatic amines is 1. The molecule has 16 heavy (non-hydrogen) atoms. The van der Waals surface area contributed by atoms with Crippen LogP contribution in [0.3, 0.4) is 0 Å². The molecule has 0 bridgehead atoms. The van der Waals surface area contributed by atoms with E-state index < -0.39 is 0 Å². The van der Waals surface area contributed by atoms with E-state index >= 15 is 0 Å². The zero-order valence-electron chi connectivity index (χ0n) is 10.2. The summed E-state index contributed by atoms with van der Waals surface area (Å²) in [5.74, 6) is 0. The van der Waals surface area contributed by atoms with Gasteiger partial charge in [0, 0.05) is 23.6 Å². The first-order chi connectivity index (χ1) is 7.85. The Bertz CT molecular complexity index is 445. The van der Waals surface area contributed by atoms with E-state index in [-0.39, 0.29) is 0 Å². The molecule has 1 heterocycles. The molecule has 0 saturated heterocycles. The lowest BCUT2D eigenvalue weighted by molar-refractivity contribution is 0.281. The van der Waals surface area contributed by atoms with Gasteiger partial charge in [-0.25, -0.2) is 0 Å². The highest BCUT2D eigenvalue weighted by atomic mass is 15.1. The molecule has 2 heteroatoms. The molecule has 1 N–H and O–H groups in total. The van der Waals surface area contributed by atoms with Crippen molar-refractivity contribution in [1.82, 2.24) is 9.88 Å². The van der Waals surface area contributed by atoms with E-state index in [4.69, 9.17) is 0 Å². The highest BCUT2D eigenvalue weighted by Gasteiger charge is 2.06. The molecular formula is C14H20N2. The van der Waals surface area contributed by atoms with Gasteiger partial charge >= 0.3 is 0 Å². The van der Waals surface area contributed by atoms with Crippen molar-refractivity contribution in [3.63, 3.8) is 0 Å². The average molecular weight is 216 g/mol. The molecule has 0 spiro atoms. The van der Waals surface area contributed by atoms with Gasteiger partial charge in [0.15, 0.2) is 0 Å². The maximum atomic E-state index is 3.33. The molecule has 0 aliphatic heterocycles. The number of hydrogen-bond acceptors (Lipinski definition) is 1. The van der Waals surface area contributed by atoms with Crippen LogP contribution in [0.2, 0.25) is 0 Å². The van der Waals surface area contributed by atoms with Gasteiger partial charge in [0.1, 0.15) is 0 Å². The number of para-hydroxylation sites is 1. The van der Waals surface area contributed by atoms with Crippen LogP contribution in [0, 0.1) is 0 Å². The largest absolute Gasteiger partial charge is 0.361 e. The van der Waals surface area contributed by atoms with Crippen LogP contribution in [0.1, 0.15) is 25.8 Å². The summed E-state index contributed by atoms with van der Waals surface area (Å²) in [6.07, 6.45) is 3.36. The molecular weight excluding hydrogens is 196 g/mol. The number of H-pyrrole nitrogens is 1. The van der Waals surface area contributed by atoms with Gasteiger partial charge in [-0.1, -0.05) is 32.0 Å². The number of benzene rings is 1. The number of aromatic nitrogens is 1. The Hall–Kier alpha value is -1.28. The summed E-state index contributed by atoms with van der Waals surface area (Å²) in [4.78, 5) is 5.81. The van der Waals surface area contributed by atoms with E-state index in [0.29, 0.717) is 0 Å².